The molecule has 0 bridgehead atoms. The standard InChI is InChI=1S/C13H17F3N2O2S/c14-13(15,16)9-18(4-6-19)5-7-20-11-3-1-2-10(8-11)12(17)21/h1-3,8,19H,4-7,9H2,(H2,17,21). The van der Waals surface area contributed by atoms with E-state index in [1.54, 1.807) is 24.3 Å². The molecule has 0 heterocycles. The minimum atomic E-state index is -4.30. The van der Waals surface area contributed by atoms with Crippen molar-refractivity contribution >= 4 is 17.2 Å². The van der Waals surface area contributed by atoms with Gasteiger partial charge in [0.2, 0.25) is 0 Å². The Morgan fingerprint density at radius 2 is 2.05 bits per heavy atom. The summed E-state index contributed by atoms with van der Waals surface area (Å²) in [5, 5.41) is 8.77. The highest BCUT2D eigenvalue weighted by Gasteiger charge is 2.30. The molecular weight excluding hydrogens is 305 g/mol. The van der Waals surface area contributed by atoms with Crippen LogP contribution in [0.15, 0.2) is 24.3 Å². The predicted molar refractivity (Wildman–Crippen MR) is 77.4 cm³/mol. The molecule has 0 saturated carbocycles. The van der Waals surface area contributed by atoms with Crippen molar-refractivity contribution < 1.29 is 23.0 Å². The molecule has 3 N–H and O–H groups in total. The quantitative estimate of drug-likeness (QED) is 0.711. The Kier molecular flexibility index (Phi) is 6.86. The first-order valence-electron chi connectivity index (χ1n) is 6.24. The Balaban J connectivity index is 2.50. The Labute approximate surface area is 126 Å². The smallest absolute Gasteiger partial charge is 0.401 e. The van der Waals surface area contributed by atoms with Crippen molar-refractivity contribution in [2.45, 2.75) is 6.18 Å². The summed E-state index contributed by atoms with van der Waals surface area (Å²) in [6, 6.07) is 6.71. The van der Waals surface area contributed by atoms with E-state index in [2.05, 4.69) is 0 Å². The van der Waals surface area contributed by atoms with Gasteiger partial charge in [-0.3, -0.25) is 4.90 Å². The molecule has 21 heavy (non-hydrogen) atoms. The minimum absolute atomic E-state index is 0.0529. The van der Waals surface area contributed by atoms with E-state index in [9.17, 15) is 13.2 Å². The number of halogens is 3. The number of aliphatic hydroxyl groups is 1. The van der Waals surface area contributed by atoms with Crippen LogP contribution in [0.5, 0.6) is 5.75 Å². The number of ether oxygens (including phenoxy) is 1. The summed E-state index contributed by atoms with van der Waals surface area (Å²) in [6.07, 6.45) is -4.30. The van der Waals surface area contributed by atoms with Gasteiger partial charge in [-0.25, -0.2) is 0 Å². The van der Waals surface area contributed by atoms with Crippen molar-refractivity contribution in [3.8, 4) is 5.75 Å². The Morgan fingerprint density at radius 3 is 2.62 bits per heavy atom. The molecule has 4 nitrogen and oxygen atoms in total. The van der Waals surface area contributed by atoms with E-state index >= 15 is 0 Å². The van der Waals surface area contributed by atoms with Crippen molar-refractivity contribution in [3.05, 3.63) is 29.8 Å². The summed E-state index contributed by atoms with van der Waals surface area (Å²) in [7, 11) is 0. The van der Waals surface area contributed by atoms with E-state index in [4.69, 9.17) is 27.8 Å². The molecule has 1 aromatic rings. The van der Waals surface area contributed by atoms with Gasteiger partial charge in [-0.15, -0.1) is 0 Å². The number of hydrogen-bond acceptors (Lipinski definition) is 4. The number of nitrogens with two attached hydrogens (primary N) is 1. The maximum atomic E-state index is 12.3. The zero-order chi connectivity index (χ0) is 15.9. The van der Waals surface area contributed by atoms with E-state index in [1.807, 2.05) is 0 Å². The number of hydrogen-bond donors (Lipinski definition) is 2. The van der Waals surface area contributed by atoms with Crippen LogP contribution in [0.1, 0.15) is 5.56 Å². The Morgan fingerprint density at radius 1 is 1.33 bits per heavy atom. The van der Waals surface area contributed by atoms with Crippen LogP contribution in [0.4, 0.5) is 13.2 Å². The van der Waals surface area contributed by atoms with E-state index in [1.165, 1.54) is 0 Å². The molecule has 0 amide bonds. The van der Waals surface area contributed by atoms with Gasteiger partial charge in [0.15, 0.2) is 0 Å². The van der Waals surface area contributed by atoms with Crippen LogP contribution in [0.3, 0.4) is 0 Å². The maximum Gasteiger partial charge on any atom is 0.401 e. The molecule has 0 saturated heterocycles. The number of rotatable bonds is 8. The molecule has 1 aromatic carbocycles. The summed E-state index contributed by atoms with van der Waals surface area (Å²) < 4.78 is 42.4. The molecular formula is C13H17F3N2O2S. The first-order chi connectivity index (χ1) is 9.81. The molecule has 1 rings (SSSR count). The lowest BCUT2D eigenvalue weighted by Gasteiger charge is -2.22. The fourth-order valence-corrected chi connectivity index (χ4v) is 1.82. The SMILES string of the molecule is NC(=S)c1cccc(OCCN(CCO)CC(F)(F)F)c1. The van der Waals surface area contributed by atoms with Crippen LogP contribution in [0.2, 0.25) is 0 Å². The van der Waals surface area contributed by atoms with Crippen LogP contribution in [-0.2, 0) is 0 Å². The summed E-state index contributed by atoms with van der Waals surface area (Å²) in [5.41, 5.74) is 6.11. The van der Waals surface area contributed by atoms with Gasteiger partial charge < -0.3 is 15.6 Å². The van der Waals surface area contributed by atoms with Crippen molar-refractivity contribution in [3.63, 3.8) is 0 Å². The average molecular weight is 322 g/mol. The third-order valence-electron chi connectivity index (χ3n) is 2.61. The molecule has 0 aliphatic rings. The van der Waals surface area contributed by atoms with Gasteiger partial charge in [0.05, 0.1) is 13.2 Å². The molecule has 0 fully saturated rings. The third-order valence-corrected chi connectivity index (χ3v) is 2.85. The lowest BCUT2D eigenvalue weighted by atomic mass is 10.2. The topological polar surface area (TPSA) is 58.7 Å². The van der Waals surface area contributed by atoms with Crippen LogP contribution in [-0.4, -0.2) is 54.0 Å². The van der Waals surface area contributed by atoms with Crippen LogP contribution >= 0.6 is 12.2 Å². The number of aliphatic hydroxyl groups excluding tert-OH is 1. The fraction of sp³-hybridized carbons (Fsp3) is 0.462. The fourth-order valence-electron chi connectivity index (χ4n) is 1.70. The molecule has 0 radical (unpaired) electrons. The Bertz CT molecular complexity index is 469. The zero-order valence-electron chi connectivity index (χ0n) is 11.3. The maximum absolute atomic E-state index is 12.3. The second kappa shape index (κ2) is 8.16. The molecule has 0 unspecified atom stereocenters. The Hall–Kier alpha value is -1.38. The summed E-state index contributed by atoms with van der Waals surface area (Å²) >= 11 is 4.83. The van der Waals surface area contributed by atoms with E-state index in [0.717, 1.165) is 4.90 Å². The molecule has 0 aromatic heterocycles. The predicted octanol–water partition coefficient (Wildman–Crippen LogP) is 1.56. The van der Waals surface area contributed by atoms with E-state index in [-0.39, 0.29) is 31.3 Å². The highest BCUT2D eigenvalue weighted by molar-refractivity contribution is 7.80. The molecule has 0 aliphatic carbocycles. The van der Waals surface area contributed by atoms with Gasteiger partial charge in [-0.05, 0) is 12.1 Å². The largest absolute Gasteiger partial charge is 0.492 e. The van der Waals surface area contributed by atoms with Crippen LogP contribution in [0, 0.1) is 0 Å². The lowest BCUT2D eigenvalue weighted by Crippen LogP contribution is -2.38. The number of nitrogens with zero attached hydrogens (tertiary/aromatic N) is 1. The van der Waals surface area contributed by atoms with Gasteiger partial charge in [0, 0.05) is 18.7 Å². The zero-order valence-corrected chi connectivity index (χ0v) is 12.1. The number of benzene rings is 1. The minimum Gasteiger partial charge on any atom is -0.492 e. The average Bonchev–Trinajstić information content (AvgIpc) is 2.37. The first-order valence-corrected chi connectivity index (χ1v) is 6.65. The van der Waals surface area contributed by atoms with Crippen molar-refractivity contribution in [2.24, 2.45) is 5.73 Å². The van der Waals surface area contributed by atoms with Crippen LogP contribution in [0.25, 0.3) is 0 Å². The van der Waals surface area contributed by atoms with E-state index in [0.29, 0.717) is 11.3 Å². The second-order valence-corrected chi connectivity index (χ2v) is 4.80. The summed E-state index contributed by atoms with van der Waals surface area (Å²) in [6.45, 7) is -1.36. The second-order valence-electron chi connectivity index (χ2n) is 4.36. The van der Waals surface area contributed by atoms with Crippen molar-refractivity contribution in [1.82, 2.24) is 4.90 Å². The van der Waals surface area contributed by atoms with E-state index < -0.39 is 12.7 Å². The van der Waals surface area contributed by atoms with Gasteiger partial charge in [0.1, 0.15) is 17.3 Å². The normalized spacial score (nSPS) is 11.7. The number of alkyl halides is 3. The highest BCUT2D eigenvalue weighted by atomic mass is 32.1. The van der Waals surface area contributed by atoms with Gasteiger partial charge in [0.25, 0.3) is 0 Å². The molecule has 0 atom stereocenters. The highest BCUT2D eigenvalue weighted by Crippen LogP contribution is 2.17. The molecule has 118 valence electrons. The molecule has 0 spiro atoms. The molecule has 8 heteroatoms. The third kappa shape index (κ3) is 7.26. The van der Waals surface area contributed by atoms with Crippen molar-refractivity contribution in [2.75, 3.05) is 32.8 Å². The first kappa shape index (κ1) is 17.7. The monoisotopic (exact) mass is 322 g/mol. The lowest BCUT2D eigenvalue weighted by molar-refractivity contribution is -0.147. The van der Waals surface area contributed by atoms with Gasteiger partial charge in [-0.1, -0.05) is 24.4 Å². The van der Waals surface area contributed by atoms with Crippen LogP contribution < -0.4 is 10.5 Å². The summed E-state index contributed by atoms with van der Waals surface area (Å²) in [5.74, 6) is 0.483. The van der Waals surface area contributed by atoms with Gasteiger partial charge in [-0.2, -0.15) is 13.2 Å². The number of thiocarbonyl (C=S) groups is 1. The molecule has 0 aliphatic heterocycles. The van der Waals surface area contributed by atoms with Crippen molar-refractivity contribution in [1.29, 1.82) is 0 Å². The van der Waals surface area contributed by atoms with Gasteiger partial charge >= 0.3 is 6.18 Å². The summed E-state index contributed by atoms with van der Waals surface area (Å²) in [4.78, 5) is 1.30.